The molecule has 0 amide bonds. The molecule has 1 radical (unpaired) electrons. The smallest absolute Gasteiger partial charge is 0.273 e. The molecule has 17 heavy (non-hydrogen) atoms. The van der Waals surface area contributed by atoms with Gasteiger partial charge in [-0.15, -0.1) is 0 Å². The van der Waals surface area contributed by atoms with Crippen LogP contribution >= 0.6 is 11.6 Å². The Balaban J connectivity index is 3.14. The van der Waals surface area contributed by atoms with Gasteiger partial charge in [0.15, 0.2) is 5.50 Å². The van der Waals surface area contributed by atoms with Crippen molar-refractivity contribution in [1.29, 1.82) is 0 Å². The van der Waals surface area contributed by atoms with Crippen LogP contribution in [0.15, 0.2) is 24.3 Å². The molecule has 2 N–H and O–H groups in total. The maximum atomic E-state index is 12.5. The van der Waals surface area contributed by atoms with Gasteiger partial charge >= 0.3 is 16.5 Å². The molecule has 0 saturated carbocycles. The molecule has 1 aromatic carbocycles. The zero-order valence-corrected chi connectivity index (χ0v) is 9.57. The highest BCUT2D eigenvalue weighted by Crippen LogP contribution is 2.35. The summed E-state index contributed by atoms with van der Waals surface area (Å²) in [5, 5.41) is 0. The molecule has 0 fully saturated rings. The Morgan fingerprint density at radius 1 is 1.29 bits per heavy atom. The lowest BCUT2D eigenvalue weighted by Gasteiger charge is -2.15. The van der Waals surface area contributed by atoms with Crippen molar-refractivity contribution in [2.24, 2.45) is 0 Å². The number of halogens is 4. The Bertz CT molecular complexity index is 503. The highest BCUT2D eigenvalue weighted by atomic mass is 35.5. The SMILES string of the molecule is O=S(=O)(O)N[C](Cl)c1ccccc1C(F)(F)F. The molecule has 9 heteroatoms. The Morgan fingerprint density at radius 2 is 1.82 bits per heavy atom. The van der Waals surface area contributed by atoms with Crippen LogP contribution in [-0.4, -0.2) is 13.0 Å². The van der Waals surface area contributed by atoms with Crippen molar-refractivity contribution in [2.45, 2.75) is 6.18 Å². The monoisotopic (exact) mass is 288 g/mol. The first-order valence-electron chi connectivity index (χ1n) is 4.05. The summed E-state index contributed by atoms with van der Waals surface area (Å²) in [5.74, 6) is 0. The van der Waals surface area contributed by atoms with Crippen LogP contribution in [0, 0.1) is 5.50 Å². The zero-order valence-electron chi connectivity index (χ0n) is 7.99. The number of rotatable bonds is 3. The van der Waals surface area contributed by atoms with Crippen molar-refractivity contribution >= 4 is 21.9 Å². The summed E-state index contributed by atoms with van der Waals surface area (Å²) in [7, 11) is -4.72. The highest BCUT2D eigenvalue weighted by molar-refractivity contribution is 7.83. The van der Waals surface area contributed by atoms with Crippen molar-refractivity contribution < 1.29 is 26.1 Å². The van der Waals surface area contributed by atoms with Crippen LogP contribution < -0.4 is 4.72 Å². The van der Waals surface area contributed by atoms with Gasteiger partial charge < -0.3 is 0 Å². The van der Waals surface area contributed by atoms with Gasteiger partial charge in [0.1, 0.15) is 0 Å². The van der Waals surface area contributed by atoms with Crippen LogP contribution in [0.5, 0.6) is 0 Å². The molecular weight excluding hydrogens is 283 g/mol. The number of hydrogen-bond donors (Lipinski definition) is 2. The summed E-state index contributed by atoms with van der Waals surface area (Å²) in [6, 6.07) is 4.09. The van der Waals surface area contributed by atoms with E-state index in [9.17, 15) is 21.6 Å². The van der Waals surface area contributed by atoms with E-state index in [4.69, 9.17) is 16.2 Å². The molecule has 1 rings (SSSR count). The molecule has 0 atom stereocenters. The quantitative estimate of drug-likeness (QED) is 0.662. The highest BCUT2D eigenvalue weighted by Gasteiger charge is 2.35. The number of nitrogens with one attached hydrogen (secondary N) is 1. The van der Waals surface area contributed by atoms with Crippen LogP contribution in [0.2, 0.25) is 0 Å². The Kier molecular flexibility index (Phi) is 4.03. The van der Waals surface area contributed by atoms with Crippen molar-refractivity contribution in [1.82, 2.24) is 4.72 Å². The summed E-state index contributed by atoms with van der Waals surface area (Å²) in [5.41, 5.74) is -2.51. The second-order valence-corrected chi connectivity index (χ2v) is 4.47. The van der Waals surface area contributed by atoms with E-state index < -0.39 is 33.1 Å². The van der Waals surface area contributed by atoms with E-state index in [0.29, 0.717) is 0 Å². The molecule has 0 bridgehead atoms. The van der Waals surface area contributed by atoms with E-state index in [1.807, 2.05) is 0 Å². The van der Waals surface area contributed by atoms with Crippen LogP contribution in [0.4, 0.5) is 13.2 Å². The molecule has 0 aliphatic heterocycles. The molecule has 0 aromatic heterocycles. The Labute approximate surface area is 100 Å². The van der Waals surface area contributed by atoms with Gasteiger partial charge in [-0.3, -0.25) is 4.55 Å². The van der Waals surface area contributed by atoms with Crippen LogP contribution in [0.25, 0.3) is 0 Å². The molecule has 0 aliphatic carbocycles. The number of benzene rings is 1. The van der Waals surface area contributed by atoms with Crippen molar-refractivity contribution in [2.75, 3.05) is 0 Å². The van der Waals surface area contributed by atoms with Crippen molar-refractivity contribution in [3.63, 3.8) is 0 Å². The van der Waals surface area contributed by atoms with Gasteiger partial charge in [0.25, 0.3) is 0 Å². The second-order valence-electron chi connectivity index (χ2n) is 2.93. The maximum Gasteiger partial charge on any atom is 0.416 e. The third-order valence-corrected chi connectivity index (χ3v) is 2.56. The Hall–Kier alpha value is -0.830. The van der Waals surface area contributed by atoms with E-state index in [1.165, 1.54) is 10.8 Å². The van der Waals surface area contributed by atoms with Crippen LogP contribution in [0.3, 0.4) is 0 Å². The minimum atomic E-state index is -4.72. The first kappa shape index (κ1) is 14.2. The fourth-order valence-corrected chi connectivity index (χ4v) is 1.88. The summed E-state index contributed by atoms with van der Waals surface area (Å²) >= 11 is 5.37. The molecule has 95 valence electrons. The molecular formula is C8H6ClF3NO3S. The van der Waals surface area contributed by atoms with Crippen LogP contribution in [0.1, 0.15) is 11.1 Å². The fraction of sp³-hybridized carbons (Fsp3) is 0.125. The maximum absolute atomic E-state index is 12.5. The standard InChI is InChI=1S/C8H6ClF3NO3S/c9-7(13-17(14,15)16)5-3-1-2-4-6(5)8(10,11)12/h1-4,13H,(H,14,15,16). The zero-order chi connectivity index (χ0) is 13.3. The van der Waals surface area contributed by atoms with Gasteiger partial charge in [0.05, 0.1) is 5.56 Å². The van der Waals surface area contributed by atoms with Gasteiger partial charge in [0.2, 0.25) is 0 Å². The molecule has 1 aromatic rings. The minimum absolute atomic E-state index is 0.570. The second kappa shape index (κ2) is 4.81. The molecule has 0 spiro atoms. The predicted molar refractivity (Wildman–Crippen MR) is 54.3 cm³/mol. The molecule has 0 aliphatic rings. The van der Waals surface area contributed by atoms with Gasteiger partial charge in [-0.1, -0.05) is 29.8 Å². The topological polar surface area (TPSA) is 66.4 Å². The third kappa shape index (κ3) is 4.15. The van der Waals surface area contributed by atoms with Gasteiger partial charge in [-0.05, 0) is 6.07 Å². The van der Waals surface area contributed by atoms with Gasteiger partial charge in [-0.2, -0.15) is 26.3 Å². The summed E-state index contributed by atoms with van der Waals surface area (Å²) < 4.78 is 68.2. The first-order valence-corrected chi connectivity index (χ1v) is 5.87. The number of hydrogen-bond acceptors (Lipinski definition) is 2. The number of alkyl halides is 3. The third-order valence-electron chi connectivity index (χ3n) is 1.69. The average molecular weight is 289 g/mol. The molecule has 0 heterocycles. The molecule has 0 unspecified atom stereocenters. The lowest BCUT2D eigenvalue weighted by atomic mass is 10.1. The predicted octanol–water partition coefficient (Wildman–Crippen LogP) is 2.17. The molecule has 0 saturated heterocycles. The van der Waals surface area contributed by atoms with E-state index in [1.54, 1.807) is 0 Å². The lowest BCUT2D eigenvalue weighted by molar-refractivity contribution is -0.138. The van der Waals surface area contributed by atoms with E-state index >= 15 is 0 Å². The fourth-order valence-electron chi connectivity index (χ4n) is 1.09. The van der Waals surface area contributed by atoms with Crippen molar-refractivity contribution in [3.05, 3.63) is 40.9 Å². The Morgan fingerprint density at radius 3 is 2.29 bits per heavy atom. The normalized spacial score (nSPS) is 13.1. The van der Waals surface area contributed by atoms with E-state index in [2.05, 4.69) is 0 Å². The van der Waals surface area contributed by atoms with E-state index in [-0.39, 0.29) is 0 Å². The molecule has 4 nitrogen and oxygen atoms in total. The van der Waals surface area contributed by atoms with Gasteiger partial charge in [-0.25, -0.2) is 0 Å². The van der Waals surface area contributed by atoms with Gasteiger partial charge in [0, 0.05) is 5.56 Å². The summed E-state index contributed by atoms with van der Waals surface area (Å²) in [6.45, 7) is 0. The lowest BCUT2D eigenvalue weighted by Crippen LogP contribution is -2.26. The van der Waals surface area contributed by atoms with E-state index in [0.717, 1.165) is 18.2 Å². The first-order chi connectivity index (χ1) is 7.61. The average Bonchev–Trinajstić information content (AvgIpc) is 2.13. The summed E-state index contributed by atoms with van der Waals surface area (Å²) in [6.07, 6.45) is -4.68. The van der Waals surface area contributed by atoms with Crippen molar-refractivity contribution in [3.8, 4) is 0 Å². The minimum Gasteiger partial charge on any atom is -0.273 e. The van der Waals surface area contributed by atoms with Crippen LogP contribution in [-0.2, 0) is 16.5 Å². The summed E-state index contributed by atoms with van der Waals surface area (Å²) in [4.78, 5) is 0. The largest absolute Gasteiger partial charge is 0.416 e.